The predicted octanol–water partition coefficient (Wildman–Crippen LogP) is 0.775. The Morgan fingerprint density at radius 3 is 3.05 bits per heavy atom. The van der Waals surface area contributed by atoms with Gasteiger partial charge in [0.05, 0.1) is 6.54 Å². The van der Waals surface area contributed by atoms with Gasteiger partial charge in [0.25, 0.3) is 0 Å². The molecule has 118 valence electrons. The maximum absolute atomic E-state index is 12.3. The molecule has 0 bridgehead atoms. The molecule has 3 heterocycles. The van der Waals surface area contributed by atoms with Crippen molar-refractivity contribution in [3.05, 3.63) is 36.7 Å². The van der Waals surface area contributed by atoms with Gasteiger partial charge in [0, 0.05) is 56.9 Å². The molecule has 0 spiro atoms. The van der Waals surface area contributed by atoms with Gasteiger partial charge in [0.15, 0.2) is 0 Å². The van der Waals surface area contributed by atoms with Crippen molar-refractivity contribution in [1.29, 1.82) is 0 Å². The largest absolute Gasteiger partial charge is 0.372 e. The van der Waals surface area contributed by atoms with Crippen LogP contribution in [-0.2, 0) is 29.2 Å². The Bertz CT molecular complexity index is 607. The molecule has 7 heteroatoms. The number of nitrogens with zero attached hydrogens (tertiary/aromatic N) is 5. The fourth-order valence-electron chi connectivity index (χ4n) is 2.80. The number of hydrogen-bond donors (Lipinski definition) is 0. The second-order valence-electron chi connectivity index (χ2n) is 5.50. The number of aromatic nitrogens is 4. The minimum atomic E-state index is 0.0174. The van der Waals surface area contributed by atoms with E-state index < -0.39 is 0 Å². The van der Waals surface area contributed by atoms with Crippen molar-refractivity contribution in [3.8, 4) is 0 Å². The highest BCUT2D eigenvalue weighted by molar-refractivity contribution is 5.77. The molecular weight excluding hydrogens is 282 g/mol. The fraction of sp³-hybridized carbons (Fsp3) is 0.533. The summed E-state index contributed by atoms with van der Waals surface area (Å²) < 4.78 is 9.31. The Morgan fingerprint density at radius 2 is 2.27 bits per heavy atom. The number of imidazole rings is 1. The van der Waals surface area contributed by atoms with Crippen molar-refractivity contribution >= 4 is 5.91 Å². The lowest BCUT2D eigenvalue weighted by molar-refractivity contribution is -0.137. The van der Waals surface area contributed by atoms with Crippen molar-refractivity contribution in [2.24, 2.45) is 5.92 Å². The standard InChI is InChI=1S/C15H21N5O2/c1-2-22-12-15(21)19-9-13(10-20-6-3-4-17-20)8-18-7-5-16-14(18)11-19/h3-7,13H,2,8-12H2,1H3. The number of carbonyl (C=O) groups is 1. The summed E-state index contributed by atoms with van der Waals surface area (Å²) in [7, 11) is 0. The number of ether oxygens (including phenoxy) is 1. The van der Waals surface area contributed by atoms with Crippen molar-refractivity contribution in [1.82, 2.24) is 24.2 Å². The molecule has 1 atom stereocenters. The molecule has 7 nitrogen and oxygen atoms in total. The van der Waals surface area contributed by atoms with Crippen LogP contribution in [0, 0.1) is 5.92 Å². The molecular formula is C15H21N5O2. The average Bonchev–Trinajstić information content (AvgIpc) is 3.13. The first-order valence-electron chi connectivity index (χ1n) is 7.59. The van der Waals surface area contributed by atoms with E-state index in [9.17, 15) is 4.79 Å². The third-order valence-corrected chi connectivity index (χ3v) is 3.85. The van der Waals surface area contributed by atoms with E-state index in [0.29, 0.717) is 25.6 Å². The Labute approximate surface area is 129 Å². The van der Waals surface area contributed by atoms with Crippen molar-refractivity contribution < 1.29 is 9.53 Å². The van der Waals surface area contributed by atoms with E-state index in [4.69, 9.17) is 4.74 Å². The highest BCUT2D eigenvalue weighted by atomic mass is 16.5. The van der Waals surface area contributed by atoms with Crippen LogP contribution in [0.4, 0.5) is 0 Å². The Hall–Kier alpha value is -2.15. The molecule has 0 saturated heterocycles. The zero-order valence-corrected chi connectivity index (χ0v) is 12.8. The number of fused-ring (bicyclic) bond motifs is 1. The van der Waals surface area contributed by atoms with Gasteiger partial charge < -0.3 is 14.2 Å². The smallest absolute Gasteiger partial charge is 0.248 e. The molecule has 0 radical (unpaired) electrons. The number of amides is 1. The van der Waals surface area contributed by atoms with Gasteiger partial charge in [0.2, 0.25) is 5.91 Å². The van der Waals surface area contributed by atoms with Crippen LogP contribution < -0.4 is 0 Å². The van der Waals surface area contributed by atoms with Crippen LogP contribution in [0.5, 0.6) is 0 Å². The summed E-state index contributed by atoms with van der Waals surface area (Å²) in [6.07, 6.45) is 7.49. The molecule has 0 N–H and O–H groups in total. The molecule has 0 saturated carbocycles. The minimum Gasteiger partial charge on any atom is -0.372 e. The zero-order valence-electron chi connectivity index (χ0n) is 12.8. The van der Waals surface area contributed by atoms with E-state index in [2.05, 4.69) is 14.6 Å². The van der Waals surface area contributed by atoms with Crippen LogP contribution in [0.1, 0.15) is 12.7 Å². The van der Waals surface area contributed by atoms with Gasteiger partial charge in [0.1, 0.15) is 12.4 Å². The quantitative estimate of drug-likeness (QED) is 0.818. The summed E-state index contributed by atoms with van der Waals surface area (Å²) in [5.74, 6) is 1.23. The monoisotopic (exact) mass is 303 g/mol. The van der Waals surface area contributed by atoms with Crippen LogP contribution in [0.15, 0.2) is 30.9 Å². The predicted molar refractivity (Wildman–Crippen MR) is 79.9 cm³/mol. The van der Waals surface area contributed by atoms with Gasteiger partial charge in [-0.3, -0.25) is 9.48 Å². The Kier molecular flexibility index (Phi) is 4.53. The highest BCUT2D eigenvalue weighted by Gasteiger charge is 2.25. The topological polar surface area (TPSA) is 65.2 Å². The van der Waals surface area contributed by atoms with Crippen LogP contribution in [0.2, 0.25) is 0 Å². The molecule has 3 rings (SSSR count). The van der Waals surface area contributed by atoms with E-state index in [0.717, 1.165) is 18.9 Å². The maximum atomic E-state index is 12.3. The third-order valence-electron chi connectivity index (χ3n) is 3.85. The van der Waals surface area contributed by atoms with Gasteiger partial charge in [-0.05, 0) is 13.0 Å². The third kappa shape index (κ3) is 3.36. The zero-order chi connectivity index (χ0) is 15.4. The van der Waals surface area contributed by atoms with Crippen molar-refractivity contribution in [3.63, 3.8) is 0 Å². The van der Waals surface area contributed by atoms with Crippen molar-refractivity contribution in [2.45, 2.75) is 26.6 Å². The lowest BCUT2D eigenvalue weighted by Gasteiger charge is -2.24. The average molecular weight is 303 g/mol. The summed E-state index contributed by atoms with van der Waals surface area (Å²) in [4.78, 5) is 18.5. The second kappa shape index (κ2) is 6.74. The first-order chi connectivity index (χ1) is 10.8. The van der Waals surface area contributed by atoms with E-state index in [1.807, 2.05) is 35.0 Å². The minimum absolute atomic E-state index is 0.0174. The van der Waals surface area contributed by atoms with Gasteiger partial charge in [-0.25, -0.2) is 4.98 Å². The number of carbonyl (C=O) groups excluding carboxylic acids is 1. The van der Waals surface area contributed by atoms with Crippen LogP contribution >= 0.6 is 0 Å². The van der Waals surface area contributed by atoms with E-state index in [1.54, 1.807) is 12.4 Å². The molecule has 2 aromatic heterocycles. The molecule has 1 unspecified atom stereocenters. The van der Waals surface area contributed by atoms with Crippen LogP contribution in [-0.4, -0.2) is 49.9 Å². The molecule has 0 aliphatic carbocycles. The first-order valence-corrected chi connectivity index (χ1v) is 7.59. The maximum Gasteiger partial charge on any atom is 0.248 e. The van der Waals surface area contributed by atoms with Crippen LogP contribution in [0.3, 0.4) is 0 Å². The Morgan fingerprint density at radius 1 is 1.36 bits per heavy atom. The lowest BCUT2D eigenvalue weighted by atomic mass is 10.1. The molecule has 1 aliphatic heterocycles. The lowest BCUT2D eigenvalue weighted by Crippen LogP contribution is -2.37. The fourth-order valence-corrected chi connectivity index (χ4v) is 2.80. The summed E-state index contributed by atoms with van der Waals surface area (Å²) >= 11 is 0. The molecule has 2 aromatic rings. The Balaban J connectivity index is 1.75. The van der Waals surface area contributed by atoms with Gasteiger partial charge >= 0.3 is 0 Å². The first kappa shape index (κ1) is 14.8. The molecule has 0 fully saturated rings. The summed E-state index contributed by atoms with van der Waals surface area (Å²) in [5, 5.41) is 4.27. The number of hydrogen-bond acceptors (Lipinski definition) is 4. The van der Waals surface area contributed by atoms with E-state index in [1.165, 1.54) is 0 Å². The molecule has 1 amide bonds. The molecule has 0 aromatic carbocycles. The molecule has 1 aliphatic rings. The van der Waals surface area contributed by atoms with E-state index >= 15 is 0 Å². The van der Waals surface area contributed by atoms with Crippen LogP contribution in [0.25, 0.3) is 0 Å². The van der Waals surface area contributed by atoms with Gasteiger partial charge in [-0.15, -0.1) is 0 Å². The summed E-state index contributed by atoms with van der Waals surface area (Å²) in [5.41, 5.74) is 0. The SMILES string of the molecule is CCOCC(=O)N1Cc2nccn2CC(Cn2cccn2)C1. The summed E-state index contributed by atoms with van der Waals surface area (Å²) in [6, 6.07) is 1.91. The molecule has 22 heavy (non-hydrogen) atoms. The second-order valence-corrected chi connectivity index (χ2v) is 5.50. The van der Waals surface area contributed by atoms with Gasteiger partial charge in [-0.1, -0.05) is 0 Å². The van der Waals surface area contributed by atoms with E-state index in [-0.39, 0.29) is 12.5 Å². The highest BCUT2D eigenvalue weighted by Crippen LogP contribution is 2.17. The number of rotatable bonds is 5. The van der Waals surface area contributed by atoms with Gasteiger partial charge in [-0.2, -0.15) is 5.10 Å². The summed E-state index contributed by atoms with van der Waals surface area (Å²) in [6.45, 7) is 5.42. The normalized spacial score (nSPS) is 18.0. The van der Waals surface area contributed by atoms with Crippen molar-refractivity contribution in [2.75, 3.05) is 19.8 Å².